The fourth-order valence-electron chi connectivity index (χ4n) is 1.10. The molecule has 0 amide bonds. The molecule has 0 aliphatic heterocycles. The first-order valence-corrected chi connectivity index (χ1v) is 5.70. The second-order valence-electron chi connectivity index (χ2n) is 2.91. The van der Waals surface area contributed by atoms with Gasteiger partial charge in [-0.1, -0.05) is 28.1 Å². The van der Waals surface area contributed by atoms with Gasteiger partial charge in [-0.05, 0) is 19.1 Å². The number of rotatable bonds is 1. The van der Waals surface area contributed by atoms with Gasteiger partial charge in [0, 0.05) is 10.0 Å². The van der Waals surface area contributed by atoms with E-state index in [9.17, 15) is 5.11 Å². The molecule has 14 heavy (non-hydrogen) atoms. The highest BCUT2D eigenvalue weighted by Crippen LogP contribution is 2.31. The summed E-state index contributed by atoms with van der Waals surface area (Å²) in [6.07, 6.45) is 0. The fourth-order valence-corrected chi connectivity index (χ4v) is 2.18. The SMILES string of the molecule is Cc1sc(-c2ccc(Br)cc2)nc1O. The molecule has 1 aromatic heterocycles. The third-order valence-corrected chi connectivity index (χ3v) is 3.40. The van der Waals surface area contributed by atoms with Crippen molar-refractivity contribution < 1.29 is 5.11 Å². The fraction of sp³-hybridized carbons (Fsp3) is 0.100. The van der Waals surface area contributed by atoms with E-state index in [4.69, 9.17) is 0 Å². The number of hydrogen-bond acceptors (Lipinski definition) is 3. The molecule has 4 heteroatoms. The monoisotopic (exact) mass is 269 g/mol. The Kier molecular flexibility index (Phi) is 2.56. The lowest BCUT2D eigenvalue weighted by Crippen LogP contribution is -1.74. The van der Waals surface area contributed by atoms with E-state index in [1.165, 1.54) is 11.3 Å². The van der Waals surface area contributed by atoms with Gasteiger partial charge in [-0.15, -0.1) is 11.3 Å². The summed E-state index contributed by atoms with van der Waals surface area (Å²) >= 11 is 4.87. The van der Waals surface area contributed by atoms with Crippen molar-refractivity contribution in [3.05, 3.63) is 33.6 Å². The van der Waals surface area contributed by atoms with Gasteiger partial charge in [0.1, 0.15) is 5.01 Å². The van der Waals surface area contributed by atoms with Crippen molar-refractivity contribution in [3.8, 4) is 16.5 Å². The lowest BCUT2D eigenvalue weighted by Gasteiger charge is -1.94. The maximum Gasteiger partial charge on any atom is 0.225 e. The summed E-state index contributed by atoms with van der Waals surface area (Å²) in [4.78, 5) is 4.92. The summed E-state index contributed by atoms with van der Waals surface area (Å²) in [5.74, 6) is 0.132. The van der Waals surface area contributed by atoms with Gasteiger partial charge < -0.3 is 5.11 Å². The van der Waals surface area contributed by atoms with Crippen molar-refractivity contribution in [2.24, 2.45) is 0 Å². The maximum atomic E-state index is 9.35. The van der Waals surface area contributed by atoms with Crippen molar-refractivity contribution in [1.29, 1.82) is 0 Å². The maximum absolute atomic E-state index is 9.35. The van der Waals surface area contributed by atoms with Gasteiger partial charge in [-0.3, -0.25) is 0 Å². The molecule has 0 radical (unpaired) electrons. The van der Waals surface area contributed by atoms with Gasteiger partial charge >= 0.3 is 0 Å². The molecule has 0 fully saturated rings. The predicted octanol–water partition coefficient (Wildman–Crippen LogP) is 3.59. The number of benzene rings is 1. The average Bonchev–Trinajstić information content (AvgIpc) is 2.48. The van der Waals surface area contributed by atoms with Crippen LogP contribution in [-0.2, 0) is 0 Å². The van der Waals surface area contributed by atoms with Gasteiger partial charge in [0.05, 0.1) is 4.88 Å². The lowest BCUT2D eigenvalue weighted by atomic mass is 10.2. The van der Waals surface area contributed by atoms with Gasteiger partial charge in [-0.25, -0.2) is 4.98 Å². The molecule has 2 nitrogen and oxygen atoms in total. The van der Waals surface area contributed by atoms with Crippen molar-refractivity contribution >= 4 is 27.3 Å². The Balaban J connectivity index is 2.44. The highest BCUT2D eigenvalue weighted by Gasteiger charge is 2.07. The number of halogens is 1. The normalized spacial score (nSPS) is 10.4. The summed E-state index contributed by atoms with van der Waals surface area (Å²) in [5.41, 5.74) is 1.03. The molecule has 0 bridgehead atoms. The van der Waals surface area contributed by atoms with E-state index in [1.54, 1.807) is 0 Å². The van der Waals surface area contributed by atoms with E-state index in [2.05, 4.69) is 20.9 Å². The van der Waals surface area contributed by atoms with Crippen LogP contribution in [0.15, 0.2) is 28.7 Å². The van der Waals surface area contributed by atoms with Crippen LogP contribution in [-0.4, -0.2) is 10.1 Å². The Morgan fingerprint density at radius 1 is 1.29 bits per heavy atom. The summed E-state index contributed by atoms with van der Waals surface area (Å²) in [6, 6.07) is 7.87. The van der Waals surface area contributed by atoms with Gasteiger partial charge in [0.25, 0.3) is 0 Å². The van der Waals surface area contributed by atoms with Crippen LogP contribution in [0.1, 0.15) is 4.88 Å². The largest absolute Gasteiger partial charge is 0.492 e. The second-order valence-corrected chi connectivity index (χ2v) is 5.02. The molecule has 0 saturated heterocycles. The molecular formula is C10H8BrNOS. The molecule has 72 valence electrons. The van der Waals surface area contributed by atoms with Crippen molar-refractivity contribution in [3.63, 3.8) is 0 Å². The molecule has 1 aromatic carbocycles. The summed E-state index contributed by atoms with van der Waals surface area (Å²) < 4.78 is 1.04. The standard InChI is InChI=1S/C10H8BrNOS/c1-6-9(13)12-10(14-6)7-2-4-8(11)5-3-7/h2-5,13H,1H3. The van der Waals surface area contributed by atoms with E-state index in [0.29, 0.717) is 0 Å². The third-order valence-electron chi connectivity index (χ3n) is 1.86. The zero-order chi connectivity index (χ0) is 10.1. The Bertz CT molecular complexity index is 430. The van der Waals surface area contributed by atoms with E-state index < -0.39 is 0 Å². The highest BCUT2D eigenvalue weighted by molar-refractivity contribution is 9.10. The molecule has 2 rings (SSSR count). The van der Waals surface area contributed by atoms with Crippen LogP contribution >= 0.6 is 27.3 Å². The first-order valence-electron chi connectivity index (χ1n) is 4.09. The van der Waals surface area contributed by atoms with Crippen LogP contribution in [0.2, 0.25) is 0 Å². The van der Waals surface area contributed by atoms with Gasteiger partial charge in [-0.2, -0.15) is 0 Å². The Morgan fingerprint density at radius 3 is 2.43 bits per heavy atom. The summed E-state index contributed by atoms with van der Waals surface area (Å²) in [5, 5.41) is 10.2. The molecule has 0 spiro atoms. The Morgan fingerprint density at radius 2 is 1.93 bits per heavy atom. The van der Waals surface area contributed by atoms with Crippen LogP contribution in [0.5, 0.6) is 5.88 Å². The van der Waals surface area contributed by atoms with E-state index in [-0.39, 0.29) is 5.88 Å². The van der Waals surface area contributed by atoms with Crippen LogP contribution in [0, 0.1) is 6.92 Å². The minimum absolute atomic E-state index is 0.132. The van der Waals surface area contributed by atoms with Gasteiger partial charge in [0.15, 0.2) is 0 Å². The van der Waals surface area contributed by atoms with Crippen molar-refractivity contribution in [1.82, 2.24) is 4.98 Å². The summed E-state index contributed by atoms with van der Waals surface area (Å²) in [6.45, 7) is 1.86. The Hall–Kier alpha value is -0.870. The molecular weight excluding hydrogens is 262 g/mol. The quantitative estimate of drug-likeness (QED) is 0.859. The minimum Gasteiger partial charge on any atom is -0.492 e. The van der Waals surface area contributed by atoms with E-state index >= 15 is 0 Å². The van der Waals surface area contributed by atoms with E-state index in [1.807, 2.05) is 31.2 Å². The first kappa shape index (κ1) is 9.68. The van der Waals surface area contributed by atoms with Crippen LogP contribution in [0.3, 0.4) is 0 Å². The highest BCUT2D eigenvalue weighted by atomic mass is 79.9. The number of aromatic nitrogens is 1. The first-order chi connectivity index (χ1) is 6.66. The molecule has 1 heterocycles. The predicted molar refractivity (Wildman–Crippen MR) is 61.7 cm³/mol. The topological polar surface area (TPSA) is 33.1 Å². The van der Waals surface area contributed by atoms with Crippen LogP contribution < -0.4 is 0 Å². The molecule has 0 atom stereocenters. The lowest BCUT2D eigenvalue weighted by molar-refractivity contribution is 0.454. The third kappa shape index (κ3) is 1.81. The second kappa shape index (κ2) is 3.71. The average molecular weight is 270 g/mol. The number of thiazole rings is 1. The number of nitrogens with zero attached hydrogens (tertiary/aromatic N) is 1. The molecule has 0 unspecified atom stereocenters. The molecule has 0 aliphatic carbocycles. The van der Waals surface area contributed by atoms with Crippen molar-refractivity contribution in [2.45, 2.75) is 6.92 Å². The summed E-state index contributed by atoms with van der Waals surface area (Å²) in [7, 11) is 0. The van der Waals surface area contributed by atoms with Crippen LogP contribution in [0.25, 0.3) is 10.6 Å². The zero-order valence-corrected chi connectivity index (χ0v) is 9.89. The number of hydrogen-bond donors (Lipinski definition) is 1. The Labute approximate surface area is 94.4 Å². The number of aromatic hydroxyl groups is 1. The van der Waals surface area contributed by atoms with E-state index in [0.717, 1.165) is 19.9 Å². The molecule has 2 aromatic rings. The minimum atomic E-state index is 0.132. The smallest absolute Gasteiger partial charge is 0.225 e. The van der Waals surface area contributed by atoms with Gasteiger partial charge in [0.2, 0.25) is 5.88 Å². The number of aryl methyl sites for hydroxylation is 1. The zero-order valence-electron chi connectivity index (χ0n) is 7.49. The molecule has 0 aliphatic rings. The molecule has 1 N–H and O–H groups in total. The van der Waals surface area contributed by atoms with Crippen LogP contribution in [0.4, 0.5) is 0 Å². The van der Waals surface area contributed by atoms with Crippen molar-refractivity contribution in [2.75, 3.05) is 0 Å². The molecule has 0 saturated carbocycles.